The molecule has 0 spiro atoms. The van der Waals surface area contributed by atoms with Gasteiger partial charge < -0.3 is 15.5 Å². The summed E-state index contributed by atoms with van der Waals surface area (Å²) in [6, 6.07) is 7.10. The van der Waals surface area contributed by atoms with Gasteiger partial charge in [0.2, 0.25) is 0 Å². The van der Waals surface area contributed by atoms with E-state index >= 15 is 0 Å². The summed E-state index contributed by atoms with van der Waals surface area (Å²) in [5.74, 6) is 0.561. The van der Waals surface area contributed by atoms with E-state index in [0.717, 1.165) is 11.5 Å². The molecule has 0 radical (unpaired) electrons. The highest BCUT2D eigenvalue weighted by Crippen LogP contribution is 2.17. The Bertz CT molecular complexity index is 432. The fourth-order valence-electron chi connectivity index (χ4n) is 1.94. The van der Waals surface area contributed by atoms with Crippen LogP contribution in [0.4, 0.5) is 4.39 Å². The highest BCUT2D eigenvalue weighted by atomic mass is 127. The molecule has 1 unspecified atom stereocenters. The van der Waals surface area contributed by atoms with Crippen LogP contribution in [0, 0.1) is 5.82 Å². The Kier molecular flexibility index (Phi) is 9.52. The molecule has 0 aliphatic heterocycles. The molecule has 6 heteroatoms. The van der Waals surface area contributed by atoms with E-state index < -0.39 is 0 Å². The van der Waals surface area contributed by atoms with Gasteiger partial charge in [-0.25, -0.2) is 4.39 Å². The molecule has 0 amide bonds. The molecule has 0 fully saturated rings. The van der Waals surface area contributed by atoms with Gasteiger partial charge in [0.25, 0.3) is 0 Å². The number of hydrogen-bond acceptors (Lipinski definition) is 2. The van der Waals surface area contributed by atoms with Crippen LogP contribution >= 0.6 is 24.0 Å². The second-order valence-electron chi connectivity index (χ2n) is 5.28. The maximum absolute atomic E-state index is 13.0. The van der Waals surface area contributed by atoms with E-state index in [1.165, 1.54) is 12.1 Å². The lowest BCUT2D eigenvalue weighted by Gasteiger charge is -2.26. The number of hydrogen-bond donors (Lipinski definition) is 2. The average molecular weight is 408 g/mol. The first kappa shape index (κ1) is 20.1. The highest BCUT2D eigenvalue weighted by molar-refractivity contribution is 14.0. The van der Waals surface area contributed by atoms with Gasteiger partial charge >= 0.3 is 0 Å². The Labute approximate surface area is 144 Å². The summed E-state index contributed by atoms with van der Waals surface area (Å²) < 4.78 is 13.0. The lowest BCUT2D eigenvalue weighted by atomic mass is 10.1. The molecular formula is C15H26FIN4. The Morgan fingerprint density at radius 1 is 1.24 bits per heavy atom. The summed E-state index contributed by atoms with van der Waals surface area (Å²) in [4.78, 5) is 6.28. The smallest absolute Gasteiger partial charge is 0.191 e. The Hall–Kier alpha value is -0.890. The zero-order chi connectivity index (χ0) is 15.1. The maximum atomic E-state index is 13.0. The van der Waals surface area contributed by atoms with Crippen molar-refractivity contribution in [2.24, 2.45) is 4.99 Å². The van der Waals surface area contributed by atoms with E-state index in [2.05, 4.69) is 34.4 Å². The van der Waals surface area contributed by atoms with Gasteiger partial charge in [-0.2, -0.15) is 0 Å². The average Bonchev–Trinajstić information content (AvgIpc) is 2.38. The van der Waals surface area contributed by atoms with E-state index in [1.54, 1.807) is 7.05 Å². The zero-order valence-electron chi connectivity index (χ0n) is 13.4. The molecule has 1 atom stereocenters. The summed E-state index contributed by atoms with van der Waals surface area (Å²) >= 11 is 0. The molecule has 1 aromatic rings. The molecule has 21 heavy (non-hydrogen) atoms. The first-order chi connectivity index (χ1) is 9.43. The van der Waals surface area contributed by atoms with Crippen molar-refractivity contribution in [3.05, 3.63) is 35.6 Å². The third-order valence-corrected chi connectivity index (χ3v) is 2.99. The summed E-state index contributed by atoms with van der Waals surface area (Å²) in [5.41, 5.74) is 1.07. The van der Waals surface area contributed by atoms with E-state index in [4.69, 9.17) is 0 Å². The van der Waals surface area contributed by atoms with Gasteiger partial charge in [-0.3, -0.25) is 4.99 Å². The van der Waals surface area contributed by atoms with E-state index in [-0.39, 0.29) is 35.8 Å². The summed E-state index contributed by atoms with van der Waals surface area (Å²) in [5, 5.41) is 6.54. The number of benzene rings is 1. The molecule has 0 saturated heterocycles. The Balaban J connectivity index is 0.00000400. The largest absolute Gasteiger partial charge is 0.354 e. The molecule has 1 rings (SSSR count). The van der Waals surface area contributed by atoms with E-state index in [1.807, 2.05) is 26.2 Å². The van der Waals surface area contributed by atoms with Crippen molar-refractivity contribution >= 4 is 29.9 Å². The van der Waals surface area contributed by atoms with Crippen LogP contribution in [0.15, 0.2) is 29.3 Å². The first-order valence-electron chi connectivity index (χ1n) is 6.83. The lowest BCUT2D eigenvalue weighted by molar-refractivity contribution is 0.298. The van der Waals surface area contributed by atoms with Gasteiger partial charge in [0, 0.05) is 19.6 Å². The molecule has 4 nitrogen and oxygen atoms in total. The quantitative estimate of drug-likeness (QED) is 0.447. The first-order valence-corrected chi connectivity index (χ1v) is 6.83. The summed E-state index contributed by atoms with van der Waals surface area (Å²) in [7, 11) is 5.77. The number of aliphatic imine (C=N–C) groups is 1. The van der Waals surface area contributed by atoms with Gasteiger partial charge in [0.1, 0.15) is 5.82 Å². The molecule has 0 bridgehead atoms. The lowest BCUT2D eigenvalue weighted by Crippen LogP contribution is -2.44. The van der Waals surface area contributed by atoms with Crippen LogP contribution in [0.2, 0.25) is 0 Å². The second-order valence-corrected chi connectivity index (χ2v) is 5.28. The minimum absolute atomic E-state index is 0. The van der Waals surface area contributed by atoms with Gasteiger partial charge in [0.05, 0.1) is 6.04 Å². The molecule has 120 valence electrons. The fraction of sp³-hybridized carbons (Fsp3) is 0.533. The number of guanidine groups is 1. The van der Waals surface area contributed by atoms with Crippen LogP contribution in [0.3, 0.4) is 0 Å². The number of likely N-dealkylation sites (N-methyl/N-ethyl adjacent to an activating group) is 1. The van der Waals surface area contributed by atoms with Gasteiger partial charge in [0.15, 0.2) is 5.96 Å². The van der Waals surface area contributed by atoms with Crippen LogP contribution in [0.5, 0.6) is 0 Å². The van der Waals surface area contributed by atoms with Crippen LogP contribution in [0.25, 0.3) is 0 Å². The molecule has 0 heterocycles. The van der Waals surface area contributed by atoms with Crippen LogP contribution in [-0.4, -0.2) is 44.6 Å². The van der Waals surface area contributed by atoms with Crippen molar-refractivity contribution in [2.45, 2.75) is 25.9 Å². The van der Waals surface area contributed by atoms with Crippen molar-refractivity contribution in [3.8, 4) is 0 Å². The Morgan fingerprint density at radius 3 is 2.24 bits per heavy atom. The van der Waals surface area contributed by atoms with Crippen molar-refractivity contribution in [2.75, 3.05) is 27.7 Å². The SMILES string of the molecule is CN=C(NCC(c1ccc(F)cc1)N(C)C)NC(C)C.I. The molecular weight excluding hydrogens is 382 g/mol. The number of halogens is 2. The molecule has 0 saturated carbocycles. The standard InChI is InChI=1S/C15H25FN4.HI/c1-11(2)19-15(17-3)18-10-14(20(4)5)12-6-8-13(16)9-7-12;/h6-9,11,14H,10H2,1-5H3,(H2,17,18,19);1H. The maximum Gasteiger partial charge on any atom is 0.191 e. The predicted octanol–water partition coefficient (Wildman–Crippen LogP) is 2.62. The van der Waals surface area contributed by atoms with E-state index in [9.17, 15) is 4.39 Å². The molecule has 0 aromatic heterocycles. The van der Waals surface area contributed by atoms with Gasteiger partial charge in [-0.1, -0.05) is 12.1 Å². The van der Waals surface area contributed by atoms with Gasteiger partial charge in [-0.05, 0) is 45.6 Å². The number of rotatable bonds is 5. The minimum Gasteiger partial charge on any atom is -0.354 e. The minimum atomic E-state index is -0.212. The van der Waals surface area contributed by atoms with Crippen molar-refractivity contribution in [1.29, 1.82) is 0 Å². The number of nitrogens with zero attached hydrogens (tertiary/aromatic N) is 2. The molecule has 0 aliphatic rings. The van der Waals surface area contributed by atoms with Crippen molar-refractivity contribution in [3.63, 3.8) is 0 Å². The monoisotopic (exact) mass is 408 g/mol. The third-order valence-electron chi connectivity index (χ3n) is 2.99. The molecule has 2 N–H and O–H groups in total. The normalized spacial score (nSPS) is 13.0. The number of nitrogens with one attached hydrogen (secondary N) is 2. The van der Waals surface area contributed by atoms with Gasteiger partial charge in [-0.15, -0.1) is 24.0 Å². The summed E-state index contributed by atoms with van der Waals surface area (Å²) in [6.45, 7) is 4.83. The fourth-order valence-corrected chi connectivity index (χ4v) is 1.94. The third kappa shape index (κ3) is 7.08. The van der Waals surface area contributed by atoms with Crippen molar-refractivity contribution in [1.82, 2.24) is 15.5 Å². The van der Waals surface area contributed by atoms with Crippen molar-refractivity contribution < 1.29 is 4.39 Å². The topological polar surface area (TPSA) is 39.7 Å². The van der Waals surface area contributed by atoms with Crippen LogP contribution < -0.4 is 10.6 Å². The van der Waals surface area contributed by atoms with E-state index in [0.29, 0.717) is 12.6 Å². The predicted molar refractivity (Wildman–Crippen MR) is 97.9 cm³/mol. The molecule has 0 aliphatic carbocycles. The highest BCUT2D eigenvalue weighted by Gasteiger charge is 2.14. The Morgan fingerprint density at radius 2 is 1.81 bits per heavy atom. The second kappa shape index (κ2) is 9.94. The zero-order valence-corrected chi connectivity index (χ0v) is 15.7. The van der Waals surface area contributed by atoms with Crippen LogP contribution in [-0.2, 0) is 0 Å². The van der Waals surface area contributed by atoms with Crippen LogP contribution in [0.1, 0.15) is 25.5 Å². The summed E-state index contributed by atoms with van der Waals surface area (Å²) in [6.07, 6.45) is 0. The molecule has 1 aromatic carbocycles.